The van der Waals surface area contributed by atoms with Crippen molar-refractivity contribution in [1.29, 1.82) is 0 Å². The van der Waals surface area contributed by atoms with Gasteiger partial charge in [-0.2, -0.15) is 5.21 Å². The van der Waals surface area contributed by atoms with Crippen LogP contribution in [0.4, 0.5) is 0 Å². The van der Waals surface area contributed by atoms with Crippen molar-refractivity contribution in [3.63, 3.8) is 0 Å². The monoisotopic (exact) mass is 299 g/mol. The molecule has 0 aliphatic carbocycles. The second-order valence-corrected chi connectivity index (χ2v) is 5.17. The van der Waals surface area contributed by atoms with Crippen LogP contribution in [0.15, 0.2) is 18.3 Å². The van der Waals surface area contributed by atoms with Gasteiger partial charge in [0.2, 0.25) is 0 Å². The van der Waals surface area contributed by atoms with Gasteiger partial charge < -0.3 is 5.32 Å². The van der Waals surface area contributed by atoms with E-state index in [1.54, 1.807) is 0 Å². The first-order chi connectivity index (χ1) is 10.6. The lowest BCUT2D eigenvalue weighted by atomic mass is 10.2. The van der Waals surface area contributed by atoms with Crippen LogP contribution in [0.1, 0.15) is 34.0 Å². The molecular formula is C14H17N7O. The molecule has 0 aliphatic rings. The van der Waals surface area contributed by atoms with E-state index in [9.17, 15) is 4.79 Å². The number of hydrogen-bond acceptors (Lipinski definition) is 5. The lowest BCUT2D eigenvalue weighted by Gasteiger charge is -2.06. The Labute approximate surface area is 127 Å². The zero-order chi connectivity index (χ0) is 15.5. The van der Waals surface area contributed by atoms with E-state index in [0.29, 0.717) is 24.5 Å². The van der Waals surface area contributed by atoms with Gasteiger partial charge in [-0.15, -0.1) is 10.2 Å². The van der Waals surface area contributed by atoms with E-state index in [1.807, 2.05) is 36.6 Å². The van der Waals surface area contributed by atoms with Crippen LogP contribution in [-0.4, -0.2) is 42.5 Å². The average molecular weight is 299 g/mol. The molecule has 0 fully saturated rings. The zero-order valence-corrected chi connectivity index (χ0v) is 12.5. The van der Waals surface area contributed by atoms with Crippen molar-refractivity contribution in [3.05, 3.63) is 41.1 Å². The highest BCUT2D eigenvalue weighted by molar-refractivity contribution is 5.94. The molecule has 0 saturated heterocycles. The second-order valence-electron chi connectivity index (χ2n) is 5.17. The molecule has 22 heavy (non-hydrogen) atoms. The summed E-state index contributed by atoms with van der Waals surface area (Å²) in [6.45, 7) is 4.38. The van der Waals surface area contributed by atoms with Crippen molar-refractivity contribution >= 4 is 11.6 Å². The van der Waals surface area contributed by atoms with E-state index < -0.39 is 0 Å². The maximum Gasteiger partial charge on any atom is 0.270 e. The Morgan fingerprint density at radius 2 is 2.23 bits per heavy atom. The molecule has 0 radical (unpaired) electrons. The smallest absolute Gasteiger partial charge is 0.270 e. The van der Waals surface area contributed by atoms with Crippen LogP contribution in [0.3, 0.4) is 0 Å². The van der Waals surface area contributed by atoms with Gasteiger partial charge in [0, 0.05) is 19.2 Å². The Morgan fingerprint density at radius 1 is 1.36 bits per heavy atom. The Hall–Kier alpha value is -2.77. The Bertz CT molecular complexity index is 791. The summed E-state index contributed by atoms with van der Waals surface area (Å²) in [6.07, 6.45) is 3.34. The molecule has 0 aliphatic heterocycles. The van der Waals surface area contributed by atoms with Crippen LogP contribution >= 0.6 is 0 Å². The number of nitrogens with zero attached hydrogens (tertiary/aromatic N) is 5. The molecule has 2 N–H and O–H groups in total. The van der Waals surface area contributed by atoms with E-state index in [4.69, 9.17) is 0 Å². The molecule has 3 aromatic rings. The van der Waals surface area contributed by atoms with Crippen molar-refractivity contribution in [2.75, 3.05) is 6.54 Å². The van der Waals surface area contributed by atoms with E-state index in [0.717, 1.165) is 23.3 Å². The zero-order valence-electron chi connectivity index (χ0n) is 12.5. The van der Waals surface area contributed by atoms with Crippen molar-refractivity contribution in [2.24, 2.45) is 0 Å². The molecule has 8 heteroatoms. The average Bonchev–Trinajstić information content (AvgIpc) is 3.10. The number of imidazole rings is 1. The van der Waals surface area contributed by atoms with E-state index in [1.165, 1.54) is 0 Å². The first kappa shape index (κ1) is 14.2. The number of aryl methyl sites for hydroxylation is 3. The number of pyridine rings is 1. The molecule has 1 amide bonds. The summed E-state index contributed by atoms with van der Waals surface area (Å²) in [5.41, 5.74) is 3.16. The number of amides is 1. The van der Waals surface area contributed by atoms with Gasteiger partial charge in [-0.05, 0) is 31.9 Å². The number of hydrogen-bond donors (Lipinski definition) is 2. The van der Waals surface area contributed by atoms with Crippen LogP contribution in [-0.2, 0) is 6.42 Å². The van der Waals surface area contributed by atoms with Gasteiger partial charge in [-0.25, -0.2) is 4.98 Å². The highest BCUT2D eigenvalue weighted by Gasteiger charge is 2.16. The first-order valence-electron chi connectivity index (χ1n) is 7.11. The number of aromatic nitrogens is 6. The van der Waals surface area contributed by atoms with Gasteiger partial charge in [-0.1, -0.05) is 11.3 Å². The molecule has 0 atom stereocenters. The number of H-pyrrole nitrogens is 1. The molecule has 3 heterocycles. The van der Waals surface area contributed by atoms with Gasteiger partial charge >= 0.3 is 0 Å². The minimum Gasteiger partial charge on any atom is -0.351 e. The fourth-order valence-corrected chi connectivity index (χ4v) is 2.36. The number of aromatic amines is 1. The van der Waals surface area contributed by atoms with E-state index >= 15 is 0 Å². The number of fused-ring (bicyclic) bond motifs is 1. The standard InChI is InChI=1S/C14H17N7O/c1-9-5-6-12-16-10(2)13(21(12)8-9)14(22)15-7-3-4-11-17-19-20-18-11/h5-6,8H,3-4,7H2,1-2H3,(H,15,22)(H,17,18,19,20). The lowest BCUT2D eigenvalue weighted by Crippen LogP contribution is -2.26. The molecule has 0 spiro atoms. The molecule has 0 aromatic carbocycles. The molecule has 3 aromatic heterocycles. The minimum atomic E-state index is -0.122. The van der Waals surface area contributed by atoms with Crippen LogP contribution in [0, 0.1) is 13.8 Å². The molecule has 0 unspecified atom stereocenters. The highest BCUT2D eigenvalue weighted by atomic mass is 16.1. The maximum absolute atomic E-state index is 12.4. The SMILES string of the molecule is Cc1ccc2nc(C)c(C(=O)NCCCc3nn[nH]n3)n2c1. The Kier molecular flexibility index (Phi) is 3.82. The summed E-state index contributed by atoms with van der Waals surface area (Å²) in [5, 5.41) is 16.6. The minimum absolute atomic E-state index is 0.122. The molecule has 8 nitrogen and oxygen atoms in total. The van der Waals surface area contributed by atoms with Crippen LogP contribution in [0.5, 0.6) is 0 Å². The van der Waals surface area contributed by atoms with Crippen molar-refractivity contribution in [2.45, 2.75) is 26.7 Å². The third-order valence-corrected chi connectivity index (χ3v) is 3.41. The Morgan fingerprint density at radius 3 is 3.00 bits per heavy atom. The quantitative estimate of drug-likeness (QED) is 0.679. The second kappa shape index (κ2) is 5.92. The number of tetrazole rings is 1. The third kappa shape index (κ3) is 2.80. The molecule has 0 bridgehead atoms. The third-order valence-electron chi connectivity index (χ3n) is 3.41. The largest absolute Gasteiger partial charge is 0.351 e. The molecule has 114 valence electrons. The van der Waals surface area contributed by atoms with Crippen LogP contribution in [0.2, 0.25) is 0 Å². The summed E-state index contributed by atoms with van der Waals surface area (Å²) in [5.74, 6) is 0.527. The highest BCUT2D eigenvalue weighted by Crippen LogP contribution is 2.13. The van der Waals surface area contributed by atoms with Crippen molar-refractivity contribution < 1.29 is 4.79 Å². The summed E-state index contributed by atoms with van der Waals surface area (Å²) < 4.78 is 1.83. The molecule has 0 saturated carbocycles. The normalized spacial score (nSPS) is 11.0. The number of nitrogens with one attached hydrogen (secondary N) is 2. The van der Waals surface area contributed by atoms with E-state index in [-0.39, 0.29) is 5.91 Å². The van der Waals surface area contributed by atoms with Crippen LogP contribution in [0.25, 0.3) is 5.65 Å². The number of carbonyl (C=O) groups is 1. The van der Waals surface area contributed by atoms with Crippen molar-refractivity contribution in [3.8, 4) is 0 Å². The van der Waals surface area contributed by atoms with Gasteiger partial charge in [0.25, 0.3) is 5.91 Å². The summed E-state index contributed by atoms with van der Waals surface area (Å²) in [6, 6.07) is 3.89. The predicted molar refractivity (Wildman–Crippen MR) is 79.5 cm³/mol. The van der Waals surface area contributed by atoms with Crippen LogP contribution < -0.4 is 5.32 Å². The maximum atomic E-state index is 12.4. The molecule has 3 rings (SSSR count). The topological polar surface area (TPSA) is 101 Å². The first-order valence-corrected chi connectivity index (χ1v) is 7.11. The fourth-order valence-electron chi connectivity index (χ4n) is 2.36. The van der Waals surface area contributed by atoms with E-state index in [2.05, 4.69) is 30.9 Å². The van der Waals surface area contributed by atoms with Crippen molar-refractivity contribution in [1.82, 2.24) is 35.3 Å². The van der Waals surface area contributed by atoms with Gasteiger partial charge in [0.15, 0.2) is 5.82 Å². The summed E-state index contributed by atoms with van der Waals surface area (Å²) in [4.78, 5) is 16.8. The summed E-state index contributed by atoms with van der Waals surface area (Å²) >= 11 is 0. The summed E-state index contributed by atoms with van der Waals surface area (Å²) in [7, 11) is 0. The molecular weight excluding hydrogens is 282 g/mol. The fraction of sp³-hybridized carbons (Fsp3) is 0.357. The van der Waals surface area contributed by atoms with Gasteiger partial charge in [-0.3, -0.25) is 9.20 Å². The number of carbonyl (C=O) groups excluding carboxylic acids is 1. The Balaban J connectivity index is 1.67. The van der Waals surface area contributed by atoms with Gasteiger partial charge in [0.05, 0.1) is 5.69 Å². The number of rotatable bonds is 5. The predicted octanol–water partition coefficient (Wildman–Crippen LogP) is 0.827. The van der Waals surface area contributed by atoms with Gasteiger partial charge in [0.1, 0.15) is 11.3 Å². The lowest BCUT2D eigenvalue weighted by molar-refractivity contribution is 0.0946.